The van der Waals surface area contributed by atoms with E-state index in [0.29, 0.717) is 0 Å². The summed E-state index contributed by atoms with van der Waals surface area (Å²) >= 11 is 0. The zero-order valence-electron chi connectivity index (χ0n) is 16.2. The van der Waals surface area contributed by atoms with E-state index in [1.54, 1.807) is 0 Å². The van der Waals surface area contributed by atoms with Crippen LogP contribution in [0.1, 0.15) is 16.7 Å². The first-order valence-electron chi connectivity index (χ1n) is 9.74. The summed E-state index contributed by atoms with van der Waals surface area (Å²) in [5.41, 5.74) is 5.65. The van der Waals surface area contributed by atoms with Crippen molar-refractivity contribution in [2.45, 2.75) is 25.9 Å². The van der Waals surface area contributed by atoms with Crippen LogP contribution in [0.5, 0.6) is 0 Å². The molecule has 142 valence electrons. The van der Waals surface area contributed by atoms with Crippen LogP contribution in [0.4, 0.5) is 11.4 Å². The van der Waals surface area contributed by atoms with Crippen LogP contribution in [0.3, 0.4) is 0 Å². The fourth-order valence-electron chi connectivity index (χ4n) is 3.95. The molecular weight excluding hydrogens is 336 g/mol. The van der Waals surface area contributed by atoms with Crippen LogP contribution in [0.25, 0.3) is 0 Å². The van der Waals surface area contributed by atoms with Gasteiger partial charge in [0.2, 0.25) is 5.91 Å². The molecule has 27 heavy (non-hydrogen) atoms. The topological polar surface area (TPSA) is 47.6 Å². The Hall–Kier alpha value is -2.37. The quantitative estimate of drug-likeness (QED) is 0.876. The van der Waals surface area contributed by atoms with Crippen LogP contribution in [-0.2, 0) is 17.8 Å². The lowest BCUT2D eigenvalue weighted by atomic mass is 10.1. The third-order valence-corrected chi connectivity index (χ3v) is 5.61. The van der Waals surface area contributed by atoms with Crippen molar-refractivity contribution >= 4 is 17.3 Å². The third-order valence-electron chi connectivity index (χ3n) is 5.61. The van der Waals surface area contributed by atoms with Gasteiger partial charge in [-0.15, -0.1) is 0 Å². The van der Waals surface area contributed by atoms with Gasteiger partial charge < -0.3 is 15.5 Å². The Bertz CT molecular complexity index is 827. The molecule has 0 spiro atoms. The van der Waals surface area contributed by atoms with Crippen LogP contribution in [0, 0.1) is 6.92 Å². The molecule has 2 N–H and O–H groups in total. The Kier molecular flexibility index (Phi) is 5.14. The van der Waals surface area contributed by atoms with Crippen molar-refractivity contribution < 1.29 is 4.79 Å². The van der Waals surface area contributed by atoms with E-state index in [-0.39, 0.29) is 11.9 Å². The van der Waals surface area contributed by atoms with E-state index in [1.807, 2.05) is 12.1 Å². The van der Waals surface area contributed by atoms with Gasteiger partial charge >= 0.3 is 0 Å². The molecule has 2 heterocycles. The Labute approximate surface area is 161 Å². The van der Waals surface area contributed by atoms with Gasteiger partial charge in [0.1, 0.15) is 6.04 Å². The number of para-hydroxylation sites is 1. The zero-order chi connectivity index (χ0) is 18.8. The van der Waals surface area contributed by atoms with Crippen LogP contribution in [0.15, 0.2) is 42.5 Å². The second-order valence-electron chi connectivity index (χ2n) is 7.78. The lowest BCUT2D eigenvalue weighted by molar-refractivity contribution is -0.116. The highest BCUT2D eigenvalue weighted by atomic mass is 16.2. The molecule has 0 saturated carbocycles. The van der Waals surface area contributed by atoms with Crippen molar-refractivity contribution in [2.24, 2.45) is 0 Å². The van der Waals surface area contributed by atoms with Gasteiger partial charge in [-0.1, -0.05) is 30.3 Å². The number of carbonyl (C=O) groups excluding carboxylic acids is 1. The Morgan fingerprint density at radius 1 is 1.15 bits per heavy atom. The van der Waals surface area contributed by atoms with E-state index in [0.717, 1.165) is 50.5 Å². The van der Waals surface area contributed by atoms with E-state index < -0.39 is 0 Å². The molecule has 2 aromatic carbocycles. The minimum absolute atomic E-state index is 0.0300. The highest BCUT2D eigenvalue weighted by Gasteiger charge is 2.27. The summed E-state index contributed by atoms with van der Waals surface area (Å²) in [5, 5.41) is 6.48. The van der Waals surface area contributed by atoms with Gasteiger partial charge in [-0.3, -0.25) is 9.69 Å². The summed E-state index contributed by atoms with van der Waals surface area (Å²) in [7, 11) is 2.17. The predicted molar refractivity (Wildman–Crippen MR) is 110 cm³/mol. The van der Waals surface area contributed by atoms with Gasteiger partial charge in [-0.25, -0.2) is 0 Å². The Morgan fingerprint density at radius 3 is 2.70 bits per heavy atom. The van der Waals surface area contributed by atoms with Crippen LogP contribution >= 0.6 is 0 Å². The number of carbonyl (C=O) groups is 1. The van der Waals surface area contributed by atoms with Crippen molar-refractivity contribution in [2.75, 3.05) is 43.9 Å². The Morgan fingerprint density at radius 2 is 1.93 bits per heavy atom. The summed E-state index contributed by atoms with van der Waals surface area (Å²) in [4.78, 5) is 17.6. The lowest BCUT2D eigenvalue weighted by Gasteiger charge is -2.32. The van der Waals surface area contributed by atoms with Crippen molar-refractivity contribution in [1.82, 2.24) is 9.80 Å². The molecule has 2 aromatic rings. The smallest absolute Gasteiger partial charge is 0.247 e. The number of nitrogens with one attached hydrogen (secondary N) is 2. The molecule has 5 heteroatoms. The normalized spacial score (nSPS) is 20.1. The molecule has 1 amide bonds. The number of piperazine rings is 1. The summed E-state index contributed by atoms with van der Waals surface area (Å²) in [6.45, 7) is 7.43. The first-order chi connectivity index (χ1) is 13.1. The third kappa shape index (κ3) is 4.15. The molecule has 5 nitrogen and oxygen atoms in total. The van der Waals surface area contributed by atoms with Crippen molar-refractivity contribution in [3.8, 4) is 0 Å². The number of likely N-dealkylation sites (N-methyl/N-ethyl adjacent to an activating group) is 1. The standard InChI is InChI=1S/C22H28N4O/c1-16-5-3-7-18-14-20(24-21(16)18)22(27)23-19-8-4-6-17(13-19)15-26-11-9-25(2)10-12-26/h3-8,13,20,24H,9-12,14-15H2,1-2H3,(H,23,27). The summed E-state index contributed by atoms with van der Waals surface area (Å²) in [5.74, 6) is 0.0300. The molecule has 4 rings (SSSR count). The van der Waals surface area contributed by atoms with Gasteiger partial charge in [0.15, 0.2) is 0 Å². The minimum Gasteiger partial charge on any atom is -0.373 e. The number of fused-ring (bicyclic) bond motifs is 1. The van der Waals surface area contributed by atoms with E-state index >= 15 is 0 Å². The first kappa shape index (κ1) is 18.0. The van der Waals surface area contributed by atoms with E-state index in [1.165, 1.54) is 16.7 Å². The number of hydrogen-bond acceptors (Lipinski definition) is 4. The zero-order valence-corrected chi connectivity index (χ0v) is 16.2. The number of nitrogens with zero attached hydrogens (tertiary/aromatic N) is 2. The summed E-state index contributed by atoms with van der Waals surface area (Å²) in [6, 6.07) is 14.3. The maximum atomic E-state index is 12.7. The number of benzene rings is 2. The van der Waals surface area contributed by atoms with Gasteiger partial charge in [-0.05, 0) is 42.8 Å². The first-order valence-corrected chi connectivity index (χ1v) is 9.74. The van der Waals surface area contributed by atoms with Crippen LogP contribution < -0.4 is 10.6 Å². The largest absolute Gasteiger partial charge is 0.373 e. The molecule has 0 radical (unpaired) electrons. The molecule has 2 aliphatic rings. The average molecular weight is 364 g/mol. The van der Waals surface area contributed by atoms with Crippen LogP contribution in [-0.4, -0.2) is 55.0 Å². The fourth-order valence-corrected chi connectivity index (χ4v) is 3.95. The van der Waals surface area contributed by atoms with Crippen molar-refractivity contribution in [3.05, 3.63) is 59.2 Å². The van der Waals surface area contributed by atoms with Gasteiger partial charge in [-0.2, -0.15) is 0 Å². The molecule has 0 bridgehead atoms. The molecule has 1 fully saturated rings. The monoisotopic (exact) mass is 364 g/mol. The Balaban J connectivity index is 1.37. The highest BCUT2D eigenvalue weighted by Crippen LogP contribution is 2.29. The summed E-state index contributed by atoms with van der Waals surface area (Å²) in [6.07, 6.45) is 0.740. The number of amides is 1. The number of aryl methyl sites for hydroxylation is 1. The second-order valence-corrected chi connectivity index (χ2v) is 7.78. The number of rotatable bonds is 4. The lowest BCUT2D eigenvalue weighted by Crippen LogP contribution is -2.43. The SMILES string of the molecule is Cc1cccc2c1NC(C(=O)Nc1cccc(CN3CCN(C)CC3)c1)C2. The molecule has 0 aliphatic carbocycles. The summed E-state index contributed by atoms with van der Waals surface area (Å²) < 4.78 is 0. The minimum atomic E-state index is -0.206. The molecule has 2 aliphatic heterocycles. The van der Waals surface area contributed by atoms with Crippen molar-refractivity contribution in [3.63, 3.8) is 0 Å². The van der Waals surface area contributed by atoms with Gasteiger partial charge in [0, 0.05) is 50.5 Å². The van der Waals surface area contributed by atoms with E-state index in [9.17, 15) is 4.79 Å². The van der Waals surface area contributed by atoms with E-state index in [2.05, 4.69) is 64.7 Å². The van der Waals surface area contributed by atoms with E-state index in [4.69, 9.17) is 0 Å². The molecule has 0 aromatic heterocycles. The average Bonchev–Trinajstić information content (AvgIpc) is 3.10. The van der Waals surface area contributed by atoms with Crippen LogP contribution in [0.2, 0.25) is 0 Å². The maximum Gasteiger partial charge on any atom is 0.247 e. The second kappa shape index (κ2) is 7.71. The predicted octanol–water partition coefficient (Wildman–Crippen LogP) is 2.72. The number of anilines is 2. The molecule has 1 saturated heterocycles. The van der Waals surface area contributed by atoms with Gasteiger partial charge in [0.05, 0.1) is 0 Å². The maximum absolute atomic E-state index is 12.7. The van der Waals surface area contributed by atoms with Gasteiger partial charge in [0.25, 0.3) is 0 Å². The molecule has 1 unspecified atom stereocenters. The molecular formula is C22H28N4O. The molecule has 1 atom stereocenters. The number of hydrogen-bond donors (Lipinski definition) is 2. The highest BCUT2D eigenvalue weighted by molar-refractivity contribution is 5.98. The van der Waals surface area contributed by atoms with Crippen molar-refractivity contribution in [1.29, 1.82) is 0 Å². The fraction of sp³-hybridized carbons (Fsp3) is 0.409.